The van der Waals surface area contributed by atoms with Gasteiger partial charge in [0, 0.05) is 18.9 Å². The number of fused-ring (bicyclic) bond motifs is 4. The average molecular weight is 674 g/mol. The summed E-state index contributed by atoms with van der Waals surface area (Å²) in [6.07, 6.45) is 3.11. The number of imide groups is 2. The first-order valence-electron chi connectivity index (χ1n) is 15.0. The second-order valence-corrected chi connectivity index (χ2v) is 13.5. The number of phenols is 1. The van der Waals surface area contributed by atoms with Crippen molar-refractivity contribution < 1.29 is 43.3 Å². The number of benzene rings is 2. The Balaban J connectivity index is 1.42. The van der Waals surface area contributed by atoms with Gasteiger partial charge in [0.15, 0.2) is 21.2 Å². The SMILES string of the molecule is COc1ccc(C2C3=CCC4C(=O)N(CCCCCC(=O)O)C(=O)C4C3CC3(Cl)C(=O)N(c4ccc(F)cc4)C(=O)C23Cl)cc1O. The molecule has 0 spiro atoms. The number of nitrogens with zero attached hydrogens (tertiary/aromatic N) is 2. The molecule has 2 aromatic rings. The first-order valence-corrected chi connectivity index (χ1v) is 15.8. The molecule has 4 amide bonds. The zero-order valence-corrected chi connectivity index (χ0v) is 26.3. The third kappa shape index (κ3) is 4.69. The molecule has 6 atom stereocenters. The Morgan fingerprint density at radius 3 is 2.37 bits per heavy atom. The van der Waals surface area contributed by atoms with Gasteiger partial charge in [-0.2, -0.15) is 0 Å². The number of carbonyl (C=O) groups excluding carboxylic acids is 4. The van der Waals surface area contributed by atoms with Crippen molar-refractivity contribution in [2.24, 2.45) is 17.8 Å². The average Bonchev–Trinajstić information content (AvgIpc) is 3.35. The second-order valence-electron chi connectivity index (χ2n) is 12.2. The summed E-state index contributed by atoms with van der Waals surface area (Å²) in [5, 5.41) is 19.6. The topological polar surface area (TPSA) is 142 Å². The molecule has 0 aromatic heterocycles. The minimum atomic E-state index is -2.12. The Hall–Kier alpha value is -3.96. The van der Waals surface area contributed by atoms with Gasteiger partial charge in [0.25, 0.3) is 11.8 Å². The van der Waals surface area contributed by atoms with Gasteiger partial charge in [0.05, 0.1) is 24.6 Å². The van der Waals surface area contributed by atoms with Crippen LogP contribution in [0.4, 0.5) is 10.1 Å². The molecule has 10 nitrogen and oxygen atoms in total. The van der Waals surface area contributed by atoms with Gasteiger partial charge in [-0.3, -0.25) is 28.9 Å². The van der Waals surface area contributed by atoms with Crippen molar-refractivity contribution in [3.05, 3.63) is 65.5 Å². The first kappa shape index (κ1) is 32.0. The normalized spacial score (nSPS) is 30.2. The van der Waals surface area contributed by atoms with Gasteiger partial charge >= 0.3 is 5.97 Å². The van der Waals surface area contributed by atoms with Gasteiger partial charge in [0.1, 0.15) is 5.82 Å². The number of aromatic hydroxyl groups is 1. The lowest BCUT2D eigenvalue weighted by molar-refractivity contribution is -0.141. The molecule has 2 aliphatic carbocycles. The molecule has 1 saturated carbocycles. The summed E-state index contributed by atoms with van der Waals surface area (Å²) in [5.41, 5.74) is 0.976. The highest BCUT2D eigenvalue weighted by Crippen LogP contribution is 2.66. The molecule has 0 bridgehead atoms. The first-order chi connectivity index (χ1) is 21.8. The van der Waals surface area contributed by atoms with E-state index < -0.39 is 62.9 Å². The van der Waals surface area contributed by atoms with Crippen molar-refractivity contribution in [2.75, 3.05) is 18.6 Å². The number of carbonyl (C=O) groups is 5. The third-order valence-electron chi connectivity index (χ3n) is 9.80. The van der Waals surface area contributed by atoms with Crippen LogP contribution in [0.2, 0.25) is 0 Å². The maximum atomic E-state index is 14.4. The van der Waals surface area contributed by atoms with Gasteiger partial charge in [-0.1, -0.05) is 24.1 Å². The van der Waals surface area contributed by atoms with Crippen molar-refractivity contribution in [2.45, 2.75) is 54.2 Å². The van der Waals surface area contributed by atoms with Crippen LogP contribution in [0.3, 0.4) is 0 Å². The van der Waals surface area contributed by atoms with Crippen LogP contribution in [0.5, 0.6) is 11.5 Å². The van der Waals surface area contributed by atoms with Crippen LogP contribution in [-0.2, 0) is 24.0 Å². The van der Waals surface area contributed by atoms with Crippen LogP contribution in [0, 0.1) is 23.6 Å². The van der Waals surface area contributed by atoms with E-state index in [9.17, 15) is 33.5 Å². The molecule has 3 fully saturated rings. The van der Waals surface area contributed by atoms with Crippen molar-refractivity contribution in [1.82, 2.24) is 4.90 Å². The van der Waals surface area contributed by atoms with Gasteiger partial charge in [0.2, 0.25) is 11.8 Å². The highest BCUT2D eigenvalue weighted by Gasteiger charge is 2.76. The molecule has 2 aliphatic heterocycles. The summed E-state index contributed by atoms with van der Waals surface area (Å²) in [6.45, 7) is 0.128. The number of phenolic OH excluding ortho intramolecular Hbond substituents is 1. The smallest absolute Gasteiger partial charge is 0.303 e. The summed E-state index contributed by atoms with van der Waals surface area (Å²) in [4.78, 5) is 64.8. The van der Waals surface area contributed by atoms with E-state index in [1.807, 2.05) is 0 Å². The number of methoxy groups -OCH3 is 1. The van der Waals surface area contributed by atoms with Crippen molar-refractivity contribution in [3.63, 3.8) is 0 Å². The molecule has 6 unspecified atom stereocenters. The minimum absolute atomic E-state index is 0.00946. The lowest BCUT2D eigenvalue weighted by Crippen LogP contribution is -2.60. The number of anilines is 1. The molecule has 13 heteroatoms. The predicted molar refractivity (Wildman–Crippen MR) is 164 cm³/mol. The van der Waals surface area contributed by atoms with Crippen molar-refractivity contribution >= 4 is 58.5 Å². The van der Waals surface area contributed by atoms with Crippen LogP contribution in [0.15, 0.2) is 54.1 Å². The number of halogens is 3. The monoisotopic (exact) mass is 672 g/mol. The Morgan fingerprint density at radius 1 is 1.00 bits per heavy atom. The Morgan fingerprint density at radius 2 is 1.72 bits per heavy atom. The molecular weight excluding hydrogens is 642 g/mol. The van der Waals surface area contributed by atoms with Crippen LogP contribution in [-0.4, -0.2) is 68.1 Å². The van der Waals surface area contributed by atoms with Crippen LogP contribution in [0.1, 0.15) is 50.0 Å². The Bertz CT molecular complexity index is 1680. The minimum Gasteiger partial charge on any atom is -0.504 e. The number of alkyl halides is 2. The lowest BCUT2D eigenvalue weighted by atomic mass is 9.56. The highest BCUT2D eigenvalue weighted by atomic mass is 35.5. The number of carboxylic acid groups (broad SMARTS) is 1. The number of rotatable bonds is 9. The number of unbranched alkanes of at least 4 members (excludes halogenated alkanes) is 2. The van der Waals surface area contributed by atoms with Gasteiger partial charge in [-0.05, 0) is 73.6 Å². The highest BCUT2D eigenvalue weighted by molar-refractivity contribution is 6.58. The molecule has 2 N–H and O–H groups in total. The molecule has 2 aromatic carbocycles. The number of hydrogen-bond donors (Lipinski definition) is 2. The number of ether oxygens (including phenoxy) is 1. The van der Waals surface area contributed by atoms with E-state index in [0.717, 1.165) is 17.0 Å². The number of carboxylic acids is 1. The second kappa shape index (κ2) is 11.7. The summed E-state index contributed by atoms with van der Waals surface area (Å²) < 4.78 is 19.0. The standard InChI is InChI=1S/C33H31Cl2FN2O8/c1-46-24-13-6-17(15-23(24)39)27-20-11-12-21-26(29(43)37(28(21)42)14-4-2-3-5-25(40)41)22(20)16-32(34)30(44)38(31(45)33(27,32)35)19-9-7-18(36)8-10-19/h6-11,13,15,21-22,26-27,39H,2-5,12,14,16H2,1H3,(H,40,41). The van der Waals surface area contributed by atoms with Gasteiger partial charge < -0.3 is 14.9 Å². The van der Waals surface area contributed by atoms with Crippen LogP contribution < -0.4 is 9.64 Å². The zero-order chi connectivity index (χ0) is 33.1. The van der Waals surface area contributed by atoms with E-state index in [-0.39, 0.29) is 48.9 Å². The fourth-order valence-electron chi connectivity index (χ4n) is 7.67. The van der Waals surface area contributed by atoms with E-state index in [1.54, 1.807) is 12.1 Å². The summed E-state index contributed by atoms with van der Waals surface area (Å²) >= 11 is 14.6. The van der Waals surface area contributed by atoms with E-state index in [4.69, 9.17) is 33.0 Å². The predicted octanol–water partition coefficient (Wildman–Crippen LogP) is 4.75. The number of hydrogen-bond acceptors (Lipinski definition) is 7. The zero-order valence-electron chi connectivity index (χ0n) is 24.8. The quantitative estimate of drug-likeness (QED) is 0.168. The number of amides is 4. The molecule has 2 saturated heterocycles. The summed E-state index contributed by atoms with van der Waals surface area (Å²) in [6, 6.07) is 9.22. The molecule has 242 valence electrons. The van der Waals surface area contributed by atoms with Crippen LogP contribution in [0.25, 0.3) is 0 Å². The van der Waals surface area contributed by atoms with Gasteiger partial charge in [-0.15, -0.1) is 23.2 Å². The Labute approximate surface area is 273 Å². The maximum absolute atomic E-state index is 14.4. The van der Waals surface area contributed by atoms with Crippen LogP contribution >= 0.6 is 23.2 Å². The molecule has 4 aliphatic rings. The third-order valence-corrected chi connectivity index (χ3v) is 11.2. The maximum Gasteiger partial charge on any atom is 0.303 e. The fraction of sp³-hybridized carbons (Fsp3) is 0.424. The Kier molecular flexibility index (Phi) is 8.13. The van der Waals surface area contributed by atoms with E-state index in [2.05, 4.69) is 0 Å². The number of allylic oxidation sites excluding steroid dienone is 2. The largest absolute Gasteiger partial charge is 0.504 e. The van der Waals surface area contributed by atoms with Crippen molar-refractivity contribution in [3.8, 4) is 11.5 Å². The van der Waals surface area contributed by atoms with E-state index >= 15 is 0 Å². The summed E-state index contributed by atoms with van der Waals surface area (Å²) in [7, 11) is 1.38. The molecule has 2 heterocycles. The van der Waals surface area contributed by atoms with Crippen molar-refractivity contribution in [1.29, 1.82) is 0 Å². The molecule has 0 radical (unpaired) electrons. The number of likely N-dealkylation sites (tertiary alicyclic amines) is 1. The lowest BCUT2D eigenvalue weighted by Gasteiger charge is -2.50. The molecular formula is C33H31Cl2FN2O8. The summed E-state index contributed by atoms with van der Waals surface area (Å²) in [5.74, 6) is -7.47. The fourth-order valence-corrected chi connectivity index (χ4v) is 8.60. The van der Waals surface area contributed by atoms with Gasteiger partial charge in [-0.25, -0.2) is 9.29 Å². The number of aliphatic carboxylic acids is 1. The van der Waals surface area contributed by atoms with E-state index in [0.29, 0.717) is 30.4 Å². The molecule has 46 heavy (non-hydrogen) atoms. The van der Waals surface area contributed by atoms with E-state index in [1.165, 1.54) is 36.3 Å². The molecule has 6 rings (SSSR count).